The largest absolute Gasteiger partial charge is 0.369 e. The average molecular weight is 407 g/mol. The van der Waals surface area contributed by atoms with Crippen LogP contribution in [0.3, 0.4) is 0 Å². The maximum absolute atomic E-state index is 13.9. The summed E-state index contributed by atoms with van der Waals surface area (Å²) in [4.78, 5) is 16.7. The third-order valence-electron chi connectivity index (χ3n) is 5.33. The molecule has 1 N–H and O–H groups in total. The van der Waals surface area contributed by atoms with E-state index in [2.05, 4.69) is 15.1 Å². The minimum atomic E-state index is -0.542. The summed E-state index contributed by atoms with van der Waals surface area (Å²) in [5, 5.41) is 2.73. The van der Waals surface area contributed by atoms with E-state index in [1.165, 1.54) is 18.2 Å². The Morgan fingerprint density at radius 2 is 1.43 bits per heavy atom. The van der Waals surface area contributed by atoms with Gasteiger partial charge in [0.15, 0.2) is 0 Å². The molecule has 0 spiro atoms. The molecule has 1 amide bonds. The molecule has 6 heteroatoms. The van der Waals surface area contributed by atoms with E-state index in [-0.39, 0.29) is 11.4 Å². The predicted molar refractivity (Wildman–Crippen MR) is 115 cm³/mol. The van der Waals surface area contributed by atoms with Crippen molar-refractivity contribution >= 4 is 17.3 Å². The average Bonchev–Trinajstić information content (AvgIpc) is 2.77. The van der Waals surface area contributed by atoms with Gasteiger partial charge in [0.05, 0.1) is 5.56 Å². The molecule has 1 saturated heterocycles. The Morgan fingerprint density at radius 1 is 0.800 bits per heavy atom. The Balaban J connectivity index is 1.32. The van der Waals surface area contributed by atoms with Crippen LogP contribution in [-0.2, 0) is 6.54 Å². The number of hydrogen-bond donors (Lipinski definition) is 1. The smallest absolute Gasteiger partial charge is 0.258 e. The third kappa shape index (κ3) is 4.66. The van der Waals surface area contributed by atoms with Gasteiger partial charge in [-0.15, -0.1) is 0 Å². The number of anilines is 2. The van der Waals surface area contributed by atoms with E-state index in [1.54, 1.807) is 18.2 Å². The zero-order valence-electron chi connectivity index (χ0n) is 16.5. The summed E-state index contributed by atoms with van der Waals surface area (Å²) in [6.45, 7) is 3.99. The van der Waals surface area contributed by atoms with Gasteiger partial charge >= 0.3 is 0 Å². The number of hydrogen-bond acceptors (Lipinski definition) is 3. The number of nitrogens with zero attached hydrogens (tertiary/aromatic N) is 2. The van der Waals surface area contributed by atoms with E-state index in [4.69, 9.17) is 0 Å². The second-order valence-electron chi connectivity index (χ2n) is 7.34. The van der Waals surface area contributed by atoms with Gasteiger partial charge in [0.25, 0.3) is 5.91 Å². The van der Waals surface area contributed by atoms with Crippen molar-refractivity contribution in [1.29, 1.82) is 0 Å². The van der Waals surface area contributed by atoms with Gasteiger partial charge in [-0.2, -0.15) is 0 Å². The topological polar surface area (TPSA) is 35.6 Å². The van der Waals surface area contributed by atoms with Crippen LogP contribution in [-0.4, -0.2) is 37.0 Å². The van der Waals surface area contributed by atoms with Gasteiger partial charge < -0.3 is 10.2 Å². The van der Waals surface area contributed by atoms with Gasteiger partial charge in [-0.1, -0.05) is 30.3 Å². The molecule has 0 aromatic heterocycles. The van der Waals surface area contributed by atoms with Gasteiger partial charge in [-0.3, -0.25) is 9.69 Å². The molecular formula is C24H23F2N3O. The highest BCUT2D eigenvalue weighted by molar-refractivity contribution is 6.04. The van der Waals surface area contributed by atoms with Crippen molar-refractivity contribution in [3.05, 3.63) is 95.6 Å². The summed E-state index contributed by atoms with van der Waals surface area (Å²) >= 11 is 0. The number of benzene rings is 3. The van der Waals surface area contributed by atoms with Crippen molar-refractivity contribution in [3.8, 4) is 0 Å². The number of halogens is 2. The number of amides is 1. The molecule has 4 nitrogen and oxygen atoms in total. The van der Waals surface area contributed by atoms with Gasteiger partial charge in [0.2, 0.25) is 0 Å². The van der Waals surface area contributed by atoms with Crippen LogP contribution in [0.5, 0.6) is 0 Å². The van der Waals surface area contributed by atoms with Crippen LogP contribution < -0.4 is 10.2 Å². The van der Waals surface area contributed by atoms with Crippen LogP contribution >= 0.6 is 0 Å². The lowest BCUT2D eigenvalue weighted by Crippen LogP contribution is -2.46. The van der Waals surface area contributed by atoms with Gasteiger partial charge in [0.1, 0.15) is 11.6 Å². The molecule has 0 unspecified atom stereocenters. The van der Waals surface area contributed by atoms with Crippen LogP contribution in [0.4, 0.5) is 20.2 Å². The maximum Gasteiger partial charge on any atom is 0.258 e. The molecule has 154 valence electrons. The Morgan fingerprint density at radius 3 is 2.10 bits per heavy atom. The van der Waals surface area contributed by atoms with Crippen molar-refractivity contribution in [1.82, 2.24) is 4.90 Å². The first kappa shape index (κ1) is 20.0. The molecule has 4 rings (SSSR count). The van der Waals surface area contributed by atoms with E-state index >= 15 is 0 Å². The fourth-order valence-corrected chi connectivity index (χ4v) is 3.63. The lowest BCUT2D eigenvalue weighted by atomic mass is 10.1. The van der Waals surface area contributed by atoms with E-state index in [0.717, 1.165) is 37.4 Å². The summed E-state index contributed by atoms with van der Waals surface area (Å²) in [5.41, 5.74) is 2.42. The Hall–Kier alpha value is -3.25. The molecule has 1 heterocycles. The molecule has 0 atom stereocenters. The highest BCUT2D eigenvalue weighted by Crippen LogP contribution is 2.21. The summed E-state index contributed by atoms with van der Waals surface area (Å²) in [6, 6.07) is 20.3. The van der Waals surface area contributed by atoms with Crippen molar-refractivity contribution in [2.75, 3.05) is 36.4 Å². The van der Waals surface area contributed by atoms with Crippen molar-refractivity contribution in [2.45, 2.75) is 6.54 Å². The van der Waals surface area contributed by atoms with Crippen LogP contribution in [0.15, 0.2) is 72.8 Å². The fourth-order valence-electron chi connectivity index (χ4n) is 3.63. The maximum atomic E-state index is 13.9. The van der Waals surface area contributed by atoms with E-state index < -0.39 is 11.7 Å². The highest BCUT2D eigenvalue weighted by Gasteiger charge is 2.18. The van der Waals surface area contributed by atoms with Crippen LogP contribution in [0.1, 0.15) is 15.9 Å². The number of piperazine rings is 1. The zero-order chi connectivity index (χ0) is 20.9. The molecule has 30 heavy (non-hydrogen) atoms. The molecule has 0 bridgehead atoms. The van der Waals surface area contributed by atoms with Crippen LogP contribution in [0, 0.1) is 11.6 Å². The first-order valence-corrected chi connectivity index (χ1v) is 9.97. The second-order valence-corrected chi connectivity index (χ2v) is 7.34. The Labute approximate surface area is 174 Å². The molecule has 1 fully saturated rings. The summed E-state index contributed by atoms with van der Waals surface area (Å²) < 4.78 is 27.6. The number of carbonyl (C=O) groups excluding carboxylic acids is 1. The number of carbonyl (C=O) groups is 1. The monoisotopic (exact) mass is 407 g/mol. The Bertz CT molecular complexity index is 1010. The van der Waals surface area contributed by atoms with Crippen LogP contribution in [0.25, 0.3) is 0 Å². The quantitative estimate of drug-likeness (QED) is 0.675. The molecule has 0 saturated carbocycles. The zero-order valence-corrected chi connectivity index (χ0v) is 16.5. The van der Waals surface area contributed by atoms with Gasteiger partial charge in [-0.25, -0.2) is 8.78 Å². The first-order valence-electron chi connectivity index (χ1n) is 9.97. The molecular weight excluding hydrogens is 384 g/mol. The minimum absolute atomic E-state index is 0.0209. The van der Waals surface area contributed by atoms with E-state index in [1.807, 2.05) is 36.4 Å². The highest BCUT2D eigenvalue weighted by atomic mass is 19.1. The first-order chi connectivity index (χ1) is 14.6. The molecule has 3 aromatic rings. The third-order valence-corrected chi connectivity index (χ3v) is 5.33. The normalized spacial score (nSPS) is 14.5. The SMILES string of the molecule is O=C(Nc1ccc(N2CCN(Cc3ccccc3F)CC2)cc1)c1ccccc1F. The van der Waals surface area contributed by atoms with Gasteiger partial charge in [0, 0.05) is 49.7 Å². The second kappa shape index (κ2) is 9.05. The summed E-state index contributed by atoms with van der Waals surface area (Å²) in [5.74, 6) is -1.17. The Kier molecular flexibility index (Phi) is 6.05. The number of nitrogens with one attached hydrogen (secondary N) is 1. The summed E-state index contributed by atoms with van der Waals surface area (Å²) in [7, 11) is 0. The summed E-state index contributed by atoms with van der Waals surface area (Å²) in [6.07, 6.45) is 0. The van der Waals surface area contributed by atoms with Gasteiger partial charge in [-0.05, 0) is 42.5 Å². The lowest BCUT2D eigenvalue weighted by molar-refractivity contribution is 0.102. The van der Waals surface area contributed by atoms with E-state index in [9.17, 15) is 13.6 Å². The lowest BCUT2D eigenvalue weighted by Gasteiger charge is -2.36. The molecule has 0 radical (unpaired) electrons. The van der Waals surface area contributed by atoms with Crippen molar-refractivity contribution in [2.24, 2.45) is 0 Å². The molecule has 3 aromatic carbocycles. The van der Waals surface area contributed by atoms with Crippen molar-refractivity contribution in [3.63, 3.8) is 0 Å². The fraction of sp³-hybridized carbons (Fsp3) is 0.208. The minimum Gasteiger partial charge on any atom is -0.369 e. The van der Waals surface area contributed by atoms with Crippen LogP contribution in [0.2, 0.25) is 0 Å². The molecule has 0 aliphatic carbocycles. The number of rotatable bonds is 5. The predicted octanol–water partition coefficient (Wildman–Crippen LogP) is 4.54. The molecule has 1 aliphatic rings. The van der Waals surface area contributed by atoms with E-state index in [0.29, 0.717) is 12.2 Å². The van der Waals surface area contributed by atoms with Crippen molar-refractivity contribution < 1.29 is 13.6 Å². The standard InChI is InChI=1S/C24H23F2N3O/c25-22-7-3-1-5-18(22)17-28-13-15-29(16-14-28)20-11-9-19(10-12-20)27-24(30)21-6-2-4-8-23(21)26/h1-12H,13-17H2,(H,27,30). The molecule has 1 aliphatic heterocycles.